The maximum absolute atomic E-state index is 2.49. The molecule has 4 saturated carbocycles. The summed E-state index contributed by atoms with van der Waals surface area (Å²) in [5.41, 5.74) is 4.85. The van der Waals surface area contributed by atoms with Crippen LogP contribution in [0.5, 0.6) is 0 Å². The molecule has 2 nitrogen and oxygen atoms in total. The Balaban J connectivity index is 1.17. The number of hydrogen-bond acceptors (Lipinski definition) is 2. The molecule has 0 heterocycles. The van der Waals surface area contributed by atoms with Crippen LogP contribution >= 0.6 is 90.4 Å². The number of anilines is 2. The normalized spacial score (nSPS) is 20.8. The molecule has 0 bridgehead atoms. The fourth-order valence-corrected chi connectivity index (χ4v) is 8.87. The van der Waals surface area contributed by atoms with E-state index in [1.807, 2.05) is 0 Å². The first-order valence-corrected chi connectivity index (χ1v) is 20.7. The van der Waals surface area contributed by atoms with Crippen LogP contribution in [0.4, 0.5) is 11.4 Å². The second kappa shape index (κ2) is 20.6. The van der Waals surface area contributed by atoms with Crippen LogP contribution in [0.25, 0.3) is 11.1 Å². The van der Waals surface area contributed by atoms with Gasteiger partial charge in [0.2, 0.25) is 0 Å². The molecule has 20 radical (unpaired) electrons. The zero-order chi connectivity index (χ0) is 34.7. The third kappa shape index (κ3) is 12.5. The van der Waals surface area contributed by atoms with Gasteiger partial charge in [-0.25, -0.2) is 0 Å². The highest BCUT2D eigenvalue weighted by atomic mass is 127. The van der Waals surface area contributed by atoms with E-state index in [9.17, 15) is 0 Å². The Labute approximate surface area is 358 Å². The zero-order valence-corrected chi connectivity index (χ0v) is 36.0. The number of benzene rings is 2. The molecular formula is C44H36I4N2. The molecule has 0 aliphatic heterocycles. The van der Waals surface area contributed by atoms with Crippen molar-refractivity contribution in [3.63, 3.8) is 0 Å². The summed E-state index contributed by atoms with van der Waals surface area (Å²) in [6.45, 7) is 3.37. The quantitative estimate of drug-likeness (QED) is 0.164. The van der Waals surface area contributed by atoms with Crippen LogP contribution in [0.1, 0.15) is 0 Å². The van der Waals surface area contributed by atoms with Gasteiger partial charge in [-0.3, -0.25) is 0 Å². The lowest BCUT2D eigenvalue weighted by atomic mass is 10.0. The highest BCUT2D eigenvalue weighted by Crippen LogP contribution is 2.34. The Kier molecular flexibility index (Phi) is 16.3. The zero-order valence-electron chi connectivity index (χ0n) is 27.4. The highest BCUT2D eigenvalue weighted by Gasteiger charge is 2.20. The second-order valence-corrected chi connectivity index (χ2v) is 17.6. The third-order valence-electron chi connectivity index (χ3n) is 8.21. The van der Waals surface area contributed by atoms with E-state index in [0.717, 1.165) is 26.2 Å². The largest absolute Gasteiger partial charge is 0.362 e. The van der Waals surface area contributed by atoms with E-state index in [2.05, 4.69) is 276 Å². The van der Waals surface area contributed by atoms with Crippen LogP contribution < -0.4 is 9.80 Å². The van der Waals surface area contributed by atoms with Crippen LogP contribution in [-0.4, -0.2) is 26.2 Å². The van der Waals surface area contributed by atoms with Gasteiger partial charge in [0.15, 0.2) is 0 Å². The molecular weight excluding hydrogens is 1060 g/mol. The molecule has 4 fully saturated rings. The average Bonchev–Trinajstić information content (AvgIpc) is 3.95. The standard InChI is InChI=1S/C44H36I4N2/c45-39(25-33-9-1-2-10-33)29-49(30-40(46)26-34-11-3-4-12-34)43-21-17-37(18-22-43)38-19-23-44(24-20-38)50(31-41(47)27-35-13-5-6-14-35)32-42(48)28-36-15-7-8-16-36/h1-28H,29-32H2/b39-25-,40-26-,41-27-,42-28-. The molecule has 6 rings (SSSR count). The summed E-state index contributed by atoms with van der Waals surface area (Å²) < 4.78 is 5.20. The number of hydrogen-bond donors (Lipinski definition) is 0. The van der Waals surface area contributed by atoms with Crippen LogP contribution in [-0.2, 0) is 0 Å². The molecule has 4 aliphatic rings. The minimum absolute atomic E-state index is 0.842. The van der Waals surface area contributed by atoms with Gasteiger partial charge in [0.25, 0.3) is 0 Å². The monoisotopic (exact) mass is 1100 g/mol. The topological polar surface area (TPSA) is 6.48 Å². The molecule has 0 saturated heterocycles. The maximum Gasteiger partial charge on any atom is 0.0487 e. The molecule has 0 aromatic heterocycles. The second-order valence-electron chi connectivity index (χ2n) is 12.0. The van der Waals surface area contributed by atoms with Crippen LogP contribution in [0.3, 0.4) is 0 Å². The minimum atomic E-state index is 0.842. The molecule has 0 unspecified atom stereocenters. The summed E-state index contributed by atoms with van der Waals surface area (Å²) in [6, 6.07) is 18.1. The van der Waals surface area contributed by atoms with Crippen molar-refractivity contribution in [2.45, 2.75) is 0 Å². The SMILES string of the molecule is I/C(=C\[C]1[CH][CH][CH][CH]1)CN(C/C(I)=C/[C]1[CH][CH][CH][CH]1)c1ccc(-c2ccc(N(C/C(I)=C/[C]3[CH][CH][CH][CH]3)C/C(I)=C/[C]3[CH][CH][CH][CH]3)cc2)cc1. The Morgan fingerprint density at radius 3 is 0.800 bits per heavy atom. The molecule has 2 aromatic rings. The summed E-state index contributed by atoms with van der Waals surface area (Å²) in [6.07, 6.45) is 43.1. The summed E-state index contributed by atoms with van der Waals surface area (Å²) >= 11 is 9.95. The Bertz CT molecular complexity index is 1290. The molecule has 0 amide bonds. The summed E-state index contributed by atoms with van der Waals surface area (Å²) in [4.78, 5) is 4.92. The number of rotatable bonds is 15. The Hall–Kier alpha value is -0.0800. The highest BCUT2D eigenvalue weighted by molar-refractivity contribution is 14.1. The molecule has 4 aliphatic carbocycles. The first-order valence-electron chi connectivity index (χ1n) is 16.4. The summed E-state index contributed by atoms with van der Waals surface area (Å²) in [5, 5.41) is 0. The molecule has 0 spiro atoms. The van der Waals surface area contributed by atoms with Crippen LogP contribution in [0, 0.1) is 126 Å². The number of halogens is 4. The fourth-order valence-electron chi connectivity index (χ4n) is 5.78. The predicted octanol–water partition coefficient (Wildman–Crippen LogP) is 11.9. The van der Waals surface area contributed by atoms with Crippen molar-refractivity contribution >= 4 is 102 Å². The first-order chi connectivity index (χ1) is 24.4. The van der Waals surface area contributed by atoms with Crippen molar-refractivity contribution < 1.29 is 0 Å². The smallest absolute Gasteiger partial charge is 0.0487 e. The van der Waals surface area contributed by atoms with Crippen molar-refractivity contribution in [1.29, 1.82) is 0 Å². The van der Waals surface area contributed by atoms with Gasteiger partial charge < -0.3 is 9.80 Å². The molecule has 250 valence electrons. The maximum atomic E-state index is 2.49. The van der Waals surface area contributed by atoms with Gasteiger partial charge in [0, 0.05) is 75.5 Å². The van der Waals surface area contributed by atoms with Crippen molar-refractivity contribution in [3.8, 4) is 11.1 Å². The lowest BCUT2D eigenvalue weighted by Crippen LogP contribution is -2.26. The molecule has 2 aromatic carbocycles. The lowest BCUT2D eigenvalue weighted by Gasteiger charge is -2.26. The number of allylic oxidation sites excluding steroid dienone is 4. The van der Waals surface area contributed by atoms with Crippen molar-refractivity contribution in [2.24, 2.45) is 0 Å². The van der Waals surface area contributed by atoms with E-state index in [-0.39, 0.29) is 0 Å². The van der Waals surface area contributed by atoms with E-state index in [1.54, 1.807) is 0 Å². The lowest BCUT2D eigenvalue weighted by molar-refractivity contribution is 0.943. The molecule has 50 heavy (non-hydrogen) atoms. The van der Waals surface area contributed by atoms with Gasteiger partial charge in [0.05, 0.1) is 0 Å². The average molecular weight is 1100 g/mol. The van der Waals surface area contributed by atoms with E-state index >= 15 is 0 Å². The Morgan fingerprint density at radius 1 is 0.360 bits per heavy atom. The summed E-state index contributed by atoms with van der Waals surface area (Å²) in [5.74, 6) is 4.98. The van der Waals surface area contributed by atoms with Gasteiger partial charge in [0.1, 0.15) is 0 Å². The van der Waals surface area contributed by atoms with Gasteiger partial charge >= 0.3 is 0 Å². The van der Waals surface area contributed by atoms with Crippen molar-refractivity contribution in [2.75, 3.05) is 36.0 Å². The third-order valence-corrected chi connectivity index (χ3v) is 10.8. The molecule has 0 N–H and O–H groups in total. The summed E-state index contributed by atoms with van der Waals surface area (Å²) in [7, 11) is 0. The van der Waals surface area contributed by atoms with Crippen LogP contribution in [0.2, 0.25) is 0 Å². The van der Waals surface area contributed by atoms with Gasteiger partial charge in [-0.05, 0) is 228 Å². The van der Waals surface area contributed by atoms with Crippen molar-refractivity contribution in [1.82, 2.24) is 0 Å². The van der Waals surface area contributed by atoms with Gasteiger partial charge in [-0.15, -0.1) is 0 Å². The molecule has 0 atom stereocenters. The molecule has 6 heteroatoms. The minimum Gasteiger partial charge on any atom is -0.362 e. The van der Waals surface area contributed by atoms with Crippen molar-refractivity contribution in [3.05, 3.63) is 214 Å². The first kappa shape index (κ1) is 39.6. The predicted molar refractivity (Wildman–Crippen MR) is 246 cm³/mol. The van der Waals surface area contributed by atoms with Crippen LogP contribution in [0.15, 0.2) is 87.2 Å². The fraction of sp³-hybridized carbons (Fsp3) is 0.0909. The Morgan fingerprint density at radius 2 is 0.580 bits per heavy atom. The van der Waals surface area contributed by atoms with E-state index in [0.29, 0.717) is 0 Å². The van der Waals surface area contributed by atoms with Gasteiger partial charge in [-0.1, -0.05) is 48.6 Å². The van der Waals surface area contributed by atoms with E-state index in [4.69, 9.17) is 0 Å². The number of nitrogens with zero attached hydrogens (tertiary/aromatic N) is 2. The van der Waals surface area contributed by atoms with E-state index < -0.39 is 0 Å². The van der Waals surface area contributed by atoms with Gasteiger partial charge in [-0.2, -0.15) is 0 Å². The van der Waals surface area contributed by atoms with E-state index in [1.165, 1.54) is 60.5 Å².